The number of hydrogen-bond donors (Lipinski definition) is 1. The quantitative estimate of drug-likeness (QED) is 0.905. The Bertz CT molecular complexity index is 475. The van der Waals surface area contributed by atoms with Gasteiger partial charge in [0.1, 0.15) is 6.04 Å². The Kier molecular flexibility index (Phi) is 4.70. The van der Waals surface area contributed by atoms with E-state index in [-0.39, 0.29) is 25.3 Å². The number of carbonyl (C=O) groups excluding carboxylic acids is 1. The molecule has 1 atom stereocenters. The van der Waals surface area contributed by atoms with Crippen molar-refractivity contribution in [1.29, 1.82) is 0 Å². The number of benzene rings is 1. The van der Waals surface area contributed by atoms with Gasteiger partial charge in [0.15, 0.2) is 0 Å². The van der Waals surface area contributed by atoms with Crippen molar-refractivity contribution in [1.82, 2.24) is 10.4 Å². The van der Waals surface area contributed by atoms with Crippen LogP contribution in [0.15, 0.2) is 28.7 Å². The molecule has 1 fully saturated rings. The minimum Gasteiger partial charge on any atom is -0.288 e. The molecular formula is C13H14BrF3N2O. The van der Waals surface area contributed by atoms with Crippen LogP contribution in [0.2, 0.25) is 0 Å². The van der Waals surface area contributed by atoms with Crippen LogP contribution < -0.4 is 5.43 Å². The maximum absolute atomic E-state index is 13.1. The number of halogens is 4. The minimum atomic E-state index is -4.35. The monoisotopic (exact) mass is 350 g/mol. The molecule has 0 spiro atoms. The number of alkyl halides is 3. The lowest BCUT2D eigenvalue weighted by Crippen LogP contribution is -2.50. The molecule has 1 aliphatic rings. The average Bonchev–Trinajstić information content (AvgIpc) is 2.77. The van der Waals surface area contributed by atoms with Crippen LogP contribution in [0.3, 0.4) is 0 Å². The normalized spacial score (nSPS) is 18.1. The standard InChI is InChI=1S/C13H14BrF3N2O/c14-10-4-1-9(2-5-10)3-6-11(13(15,16)17)19-8-7-12(20)18-19/h1-2,4-5,11H,3,6-8H2,(H,18,20)/t11-/m0/s1. The van der Waals surface area contributed by atoms with E-state index in [1.165, 1.54) is 0 Å². The second-order valence-electron chi connectivity index (χ2n) is 4.70. The fraction of sp³-hybridized carbons (Fsp3) is 0.462. The molecule has 1 aliphatic heterocycles. The SMILES string of the molecule is O=C1CCN([C@@H](CCc2ccc(Br)cc2)C(F)(F)F)N1. The molecule has 110 valence electrons. The molecule has 0 aromatic heterocycles. The van der Waals surface area contributed by atoms with E-state index in [4.69, 9.17) is 0 Å². The van der Waals surface area contributed by atoms with E-state index in [0.717, 1.165) is 15.0 Å². The maximum atomic E-state index is 13.1. The van der Waals surface area contributed by atoms with Crippen molar-refractivity contribution >= 4 is 21.8 Å². The van der Waals surface area contributed by atoms with Gasteiger partial charge in [-0.3, -0.25) is 10.2 Å². The number of carbonyl (C=O) groups is 1. The zero-order chi connectivity index (χ0) is 14.8. The second kappa shape index (κ2) is 6.13. The lowest BCUT2D eigenvalue weighted by molar-refractivity contribution is -0.189. The van der Waals surface area contributed by atoms with Crippen LogP contribution in [-0.4, -0.2) is 29.7 Å². The van der Waals surface area contributed by atoms with Crippen molar-refractivity contribution in [3.8, 4) is 0 Å². The van der Waals surface area contributed by atoms with Gasteiger partial charge in [-0.15, -0.1) is 0 Å². The molecule has 1 saturated heterocycles. The summed E-state index contributed by atoms with van der Waals surface area (Å²) in [7, 11) is 0. The summed E-state index contributed by atoms with van der Waals surface area (Å²) in [5.74, 6) is -0.358. The van der Waals surface area contributed by atoms with Crippen LogP contribution in [0.1, 0.15) is 18.4 Å². The van der Waals surface area contributed by atoms with Gasteiger partial charge < -0.3 is 0 Å². The van der Waals surface area contributed by atoms with Crippen molar-refractivity contribution in [3.63, 3.8) is 0 Å². The fourth-order valence-corrected chi connectivity index (χ4v) is 2.44. The maximum Gasteiger partial charge on any atom is 0.405 e. The lowest BCUT2D eigenvalue weighted by atomic mass is 10.0. The number of nitrogens with one attached hydrogen (secondary N) is 1. The zero-order valence-electron chi connectivity index (χ0n) is 10.6. The van der Waals surface area contributed by atoms with Crippen LogP contribution >= 0.6 is 15.9 Å². The topological polar surface area (TPSA) is 32.3 Å². The summed E-state index contributed by atoms with van der Waals surface area (Å²) in [5.41, 5.74) is 3.11. The van der Waals surface area contributed by atoms with Gasteiger partial charge in [-0.25, -0.2) is 5.01 Å². The zero-order valence-corrected chi connectivity index (χ0v) is 12.2. The van der Waals surface area contributed by atoms with Crippen molar-refractivity contribution in [2.75, 3.05) is 6.54 Å². The molecule has 1 heterocycles. The molecule has 2 rings (SSSR count). The van der Waals surface area contributed by atoms with Crippen LogP contribution in [-0.2, 0) is 11.2 Å². The number of amides is 1. The molecule has 0 aliphatic carbocycles. The van der Waals surface area contributed by atoms with Gasteiger partial charge in [-0.2, -0.15) is 13.2 Å². The highest BCUT2D eigenvalue weighted by atomic mass is 79.9. The Balaban J connectivity index is 2.01. The minimum absolute atomic E-state index is 0.0780. The van der Waals surface area contributed by atoms with Crippen molar-refractivity contribution in [3.05, 3.63) is 34.3 Å². The van der Waals surface area contributed by atoms with Gasteiger partial charge in [-0.1, -0.05) is 28.1 Å². The summed E-state index contributed by atoms with van der Waals surface area (Å²) >= 11 is 3.28. The molecule has 1 amide bonds. The molecule has 1 N–H and O–H groups in total. The van der Waals surface area contributed by atoms with E-state index in [9.17, 15) is 18.0 Å². The molecule has 7 heteroatoms. The molecule has 1 aromatic carbocycles. The summed E-state index contributed by atoms with van der Waals surface area (Å²) in [6, 6.07) is 5.54. The van der Waals surface area contributed by atoms with Gasteiger partial charge in [-0.05, 0) is 30.5 Å². The van der Waals surface area contributed by atoms with Gasteiger partial charge in [0.05, 0.1) is 0 Å². The van der Waals surface area contributed by atoms with Crippen LogP contribution in [0.5, 0.6) is 0 Å². The highest BCUT2D eigenvalue weighted by molar-refractivity contribution is 9.10. The number of aryl methyl sites for hydroxylation is 1. The van der Waals surface area contributed by atoms with Crippen molar-refractivity contribution < 1.29 is 18.0 Å². The van der Waals surface area contributed by atoms with E-state index in [0.29, 0.717) is 6.42 Å². The Hall–Kier alpha value is -1.08. The Labute approximate surface area is 123 Å². The van der Waals surface area contributed by atoms with Gasteiger partial charge in [0.25, 0.3) is 0 Å². The van der Waals surface area contributed by atoms with Crippen molar-refractivity contribution in [2.45, 2.75) is 31.5 Å². The molecule has 3 nitrogen and oxygen atoms in total. The third-order valence-electron chi connectivity index (χ3n) is 3.22. The van der Waals surface area contributed by atoms with Crippen molar-refractivity contribution in [2.24, 2.45) is 0 Å². The molecule has 1 aromatic rings. The first-order valence-corrected chi connectivity index (χ1v) is 7.03. The first-order chi connectivity index (χ1) is 9.36. The van der Waals surface area contributed by atoms with E-state index >= 15 is 0 Å². The smallest absolute Gasteiger partial charge is 0.288 e. The van der Waals surface area contributed by atoms with E-state index in [1.54, 1.807) is 24.3 Å². The highest BCUT2D eigenvalue weighted by Crippen LogP contribution is 2.29. The average molecular weight is 351 g/mol. The van der Waals surface area contributed by atoms with Gasteiger partial charge >= 0.3 is 6.18 Å². The first kappa shape index (κ1) is 15.3. The predicted octanol–water partition coefficient (Wildman–Crippen LogP) is 3.05. The van der Waals surface area contributed by atoms with Crippen LogP contribution in [0.25, 0.3) is 0 Å². The van der Waals surface area contributed by atoms with E-state index in [1.807, 2.05) is 0 Å². The largest absolute Gasteiger partial charge is 0.405 e. The molecular weight excluding hydrogens is 337 g/mol. The molecule has 0 saturated carbocycles. The summed E-state index contributed by atoms with van der Waals surface area (Å²) in [5, 5.41) is 1.00. The third kappa shape index (κ3) is 3.96. The fourth-order valence-electron chi connectivity index (χ4n) is 2.18. The number of rotatable bonds is 4. The van der Waals surface area contributed by atoms with Gasteiger partial charge in [0, 0.05) is 17.4 Å². The summed E-state index contributed by atoms with van der Waals surface area (Å²) in [6.07, 6.45) is -4.01. The first-order valence-electron chi connectivity index (χ1n) is 6.23. The summed E-state index contributed by atoms with van der Waals surface area (Å²) in [4.78, 5) is 11.1. The summed E-state index contributed by atoms with van der Waals surface area (Å²) in [6.45, 7) is 0.101. The molecule has 0 radical (unpaired) electrons. The van der Waals surface area contributed by atoms with Crippen LogP contribution in [0, 0.1) is 0 Å². The molecule has 0 unspecified atom stereocenters. The number of hydrogen-bond acceptors (Lipinski definition) is 2. The van der Waals surface area contributed by atoms with E-state index < -0.39 is 12.2 Å². The predicted molar refractivity (Wildman–Crippen MR) is 71.8 cm³/mol. The Morgan fingerprint density at radius 1 is 1.30 bits per heavy atom. The third-order valence-corrected chi connectivity index (χ3v) is 3.75. The highest BCUT2D eigenvalue weighted by Gasteiger charge is 2.45. The number of hydrazine groups is 1. The Morgan fingerprint density at radius 3 is 2.45 bits per heavy atom. The van der Waals surface area contributed by atoms with E-state index in [2.05, 4.69) is 21.4 Å². The lowest BCUT2D eigenvalue weighted by Gasteiger charge is -2.28. The number of nitrogens with zero attached hydrogens (tertiary/aromatic N) is 1. The Morgan fingerprint density at radius 2 is 1.95 bits per heavy atom. The van der Waals surface area contributed by atoms with Gasteiger partial charge in [0.2, 0.25) is 5.91 Å². The summed E-state index contributed by atoms with van der Waals surface area (Å²) < 4.78 is 40.1. The molecule has 20 heavy (non-hydrogen) atoms. The second-order valence-corrected chi connectivity index (χ2v) is 5.62. The molecule has 0 bridgehead atoms. The van der Waals surface area contributed by atoms with Crippen LogP contribution in [0.4, 0.5) is 13.2 Å².